The van der Waals surface area contributed by atoms with Gasteiger partial charge in [-0.15, -0.1) is 0 Å². The summed E-state index contributed by atoms with van der Waals surface area (Å²) in [4.78, 5) is 31.9. The lowest BCUT2D eigenvalue weighted by Crippen LogP contribution is -2.39. The number of hydrogen-bond donors (Lipinski definition) is 0. The third-order valence-electron chi connectivity index (χ3n) is 5.71. The summed E-state index contributed by atoms with van der Waals surface area (Å²) in [7, 11) is 4.70. The molecular weight excluding hydrogens is 480 g/mol. The first-order valence-electron chi connectivity index (χ1n) is 11.1. The molecule has 0 fully saturated rings. The van der Waals surface area contributed by atoms with Gasteiger partial charge in [0.05, 0.1) is 43.2 Å². The first kappa shape index (κ1) is 25.0. The number of benzene rings is 2. The van der Waals surface area contributed by atoms with E-state index in [1.807, 2.05) is 18.2 Å². The fourth-order valence-corrected chi connectivity index (χ4v) is 5.04. The Morgan fingerprint density at radius 2 is 1.81 bits per heavy atom. The highest BCUT2D eigenvalue weighted by Crippen LogP contribution is 2.32. The van der Waals surface area contributed by atoms with Crippen molar-refractivity contribution in [2.75, 3.05) is 27.9 Å². The molecule has 0 amide bonds. The fraction of sp³-hybridized carbons (Fsp3) is 0.222. The van der Waals surface area contributed by atoms with Crippen LogP contribution in [0.5, 0.6) is 17.2 Å². The van der Waals surface area contributed by atoms with Crippen LogP contribution >= 0.6 is 11.3 Å². The molecule has 0 bridgehead atoms. The molecule has 0 saturated carbocycles. The molecule has 9 heteroatoms. The number of carbonyl (C=O) groups excluding carboxylic acids is 1. The van der Waals surface area contributed by atoms with Gasteiger partial charge in [0, 0.05) is 0 Å². The van der Waals surface area contributed by atoms with Crippen molar-refractivity contribution in [2.45, 2.75) is 13.0 Å². The number of rotatable bonds is 8. The Morgan fingerprint density at radius 1 is 1.08 bits per heavy atom. The Balaban J connectivity index is 1.90. The molecule has 2 heterocycles. The second-order valence-corrected chi connectivity index (χ2v) is 8.87. The van der Waals surface area contributed by atoms with Crippen molar-refractivity contribution >= 4 is 23.4 Å². The van der Waals surface area contributed by atoms with E-state index in [2.05, 4.69) is 11.6 Å². The Hall–Kier alpha value is -4.11. The van der Waals surface area contributed by atoms with E-state index < -0.39 is 12.0 Å². The molecule has 3 aromatic rings. The second-order valence-electron chi connectivity index (χ2n) is 7.86. The van der Waals surface area contributed by atoms with E-state index in [1.54, 1.807) is 58.6 Å². The van der Waals surface area contributed by atoms with Gasteiger partial charge in [-0.2, -0.15) is 0 Å². The number of allylic oxidation sites excluding steroid dienone is 1. The van der Waals surface area contributed by atoms with Crippen molar-refractivity contribution in [1.29, 1.82) is 0 Å². The van der Waals surface area contributed by atoms with Crippen LogP contribution in [0.1, 0.15) is 24.1 Å². The van der Waals surface area contributed by atoms with Crippen molar-refractivity contribution in [1.82, 2.24) is 4.57 Å². The van der Waals surface area contributed by atoms with Crippen molar-refractivity contribution in [3.05, 3.63) is 97.2 Å². The molecule has 1 atom stereocenters. The molecule has 2 aromatic carbocycles. The molecule has 186 valence electrons. The van der Waals surface area contributed by atoms with Crippen molar-refractivity contribution < 1.29 is 23.7 Å². The van der Waals surface area contributed by atoms with E-state index in [1.165, 1.54) is 22.0 Å². The van der Waals surface area contributed by atoms with Gasteiger partial charge in [0.1, 0.15) is 12.4 Å². The number of carbonyl (C=O) groups is 1. The molecule has 0 N–H and O–H groups in total. The highest BCUT2D eigenvalue weighted by atomic mass is 32.1. The third-order valence-corrected chi connectivity index (χ3v) is 6.69. The van der Waals surface area contributed by atoms with Crippen LogP contribution in [0.15, 0.2) is 76.2 Å². The average Bonchev–Trinajstić information content (AvgIpc) is 3.20. The van der Waals surface area contributed by atoms with Gasteiger partial charge in [-0.3, -0.25) is 9.36 Å². The molecule has 1 aliphatic rings. The maximum Gasteiger partial charge on any atom is 0.338 e. The number of methoxy groups -OCH3 is 3. The third kappa shape index (κ3) is 4.70. The minimum absolute atomic E-state index is 0.0503. The van der Waals surface area contributed by atoms with E-state index in [-0.39, 0.29) is 12.2 Å². The number of hydrogen-bond acceptors (Lipinski definition) is 8. The first-order valence-corrected chi connectivity index (χ1v) is 11.9. The van der Waals surface area contributed by atoms with E-state index >= 15 is 0 Å². The van der Waals surface area contributed by atoms with Crippen LogP contribution < -0.4 is 29.1 Å². The highest BCUT2D eigenvalue weighted by molar-refractivity contribution is 7.07. The molecule has 0 radical (unpaired) electrons. The molecule has 0 spiro atoms. The topological polar surface area (TPSA) is 88.4 Å². The molecule has 4 rings (SSSR count). The van der Waals surface area contributed by atoms with Gasteiger partial charge in [0.25, 0.3) is 5.56 Å². The highest BCUT2D eigenvalue weighted by Gasteiger charge is 2.33. The average molecular weight is 507 g/mol. The van der Waals surface area contributed by atoms with E-state index in [0.29, 0.717) is 37.9 Å². The quantitative estimate of drug-likeness (QED) is 0.345. The summed E-state index contributed by atoms with van der Waals surface area (Å²) in [6.45, 7) is 5.40. The summed E-state index contributed by atoms with van der Waals surface area (Å²) in [6, 6.07) is 11.9. The zero-order chi connectivity index (χ0) is 25.8. The number of esters is 1. The zero-order valence-electron chi connectivity index (χ0n) is 20.4. The molecular formula is C27H26N2O6S. The minimum atomic E-state index is -0.711. The van der Waals surface area contributed by atoms with Gasteiger partial charge in [-0.25, -0.2) is 9.79 Å². The molecule has 36 heavy (non-hydrogen) atoms. The Labute approximate surface area is 212 Å². The normalized spacial score (nSPS) is 15.1. The van der Waals surface area contributed by atoms with Gasteiger partial charge in [0.15, 0.2) is 16.3 Å². The maximum absolute atomic E-state index is 13.7. The minimum Gasteiger partial charge on any atom is -0.497 e. The number of thiazole rings is 1. The molecule has 0 aliphatic carbocycles. The summed E-state index contributed by atoms with van der Waals surface area (Å²) in [5.41, 5.74) is 2.02. The summed E-state index contributed by atoms with van der Waals surface area (Å²) >= 11 is 1.25. The summed E-state index contributed by atoms with van der Waals surface area (Å²) in [5.74, 6) is 1.26. The van der Waals surface area contributed by atoms with Gasteiger partial charge in [-0.05, 0) is 48.4 Å². The van der Waals surface area contributed by atoms with Crippen LogP contribution in [0.4, 0.5) is 0 Å². The van der Waals surface area contributed by atoms with Crippen LogP contribution in [0.25, 0.3) is 6.08 Å². The van der Waals surface area contributed by atoms with Crippen LogP contribution in [0.3, 0.4) is 0 Å². The summed E-state index contributed by atoms with van der Waals surface area (Å²) < 4.78 is 23.3. The number of aromatic nitrogens is 1. The van der Waals surface area contributed by atoms with Crippen LogP contribution in [-0.4, -0.2) is 38.5 Å². The first-order chi connectivity index (χ1) is 17.4. The molecule has 1 aromatic heterocycles. The van der Waals surface area contributed by atoms with Gasteiger partial charge in [-0.1, -0.05) is 42.2 Å². The van der Waals surface area contributed by atoms with Crippen LogP contribution in [0, 0.1) is 0 Å². The number of fused-ring (bicyclic) bond motifs is 1. The summed E-state index contributed by atoms with van der Waals surface area (Å²) in [5, 5.41) is 0. The van der Waals surface area contributed by atoms with Crippen LogP contribution in [-0.2, 0) is 9.53 Å². The Bertz CT molecular complexity index is 1520. The predicted octanol–water partition coefficient (Wildman–Crippen LogP) is 2.99. The molecule has 8 nitrogen and oxygen atoms in total. The van der Waals surface area contributed by atoms with Crippen molar-refractivity contribution in [3.63, 3.8) is 0 Å². The maximum atomic E-state index is 13.7. The van der Waals surface area contributed by atoms with E-state index in [9.17, 15) is 9.59 Å². The van der Waals surface area contributed by atoms with Gasteiger partial charge >= 0.3 is 5.97 Å². The zero-order valence-corrected chi connectivity index (χ0v) is 21.3. The van der Waals surface area contributed by atoms with Gasteiger partial charge in [0.2, 0.25) is 0 Å². The van der Waals surface area contributed by atoms with Crippen LogP contribution in [0.2, 0.25) is 0 Å². The standard InChI is InChI=1S/C27H26N2O6S/c1-6-13-35-26(31)23-16(2)28-27-29(24(23)18-8-10-19(32-3)11-9-18)25(30)22(36-27)15-17-7-12-20(33-4)21(14-17)34-5/h6-12,14-15,24H,1,13H2,2-5H3/b22-15-/t24-/m0/s1. The fourth-order valence-electron chi connectivity index (χ4n) is 3.99. The smallest absolute Gasteiger partial charge is 0.338 e. The monoisotopic (exact) mass is 506 g/mol. The largest absolute Gasteiger partial charge is 0.497 e. The lowest BCUT2D eigenvalue weighted by molar-refractivity contribution is -0.138. The number of ether oxygens (including phenoxy) is 4. The Morgan fingerprint density at radius 3 is 2.44 bits per heavy atom. The lowest BCUT2D eigenvalue weighted by Gasteiger charge is -2.24. The van der Waals surface area contributed by atoms with E-state index in [4.69, 9.17) is 18.9 Å². The molecule has 1 aliphatic heterocycles. The molecule has 0 unspecified atom stereocenters. The summed E-state index contributed by atoms with van der Waals surface area (Å²) in [6.07, 6.45) is 3.26. The second kappa shape index (κ2) is 10.7. The SMILES string of the molecule is C=CCOC(=O)C1=C(C)N=c2s/c(=C\c3ccc(OC)c(OC)c3)c(=O)n2[C@H]1c1ccc(OC)cc1. The van der Waals surface area contributed by atoms with Crippen molar-refractivity contribution in [2.24, 2.45) is 4.99 Å². The molecule has 0 saturated heterocycles. The Kier molecular flexibility index (Phi) is 7.40. The lowest BCUT2D eigenvalue weighted by atomic mass is 9.96. The van der Waals surface area contributed by atoms with Gasteiger partial charge < -0.3 is 18.9 Å². The predicted molar refractivity (Wildman–Crippen MR) is 137 cm³/mol. The number of nitrogens with zero attached hydrogens (tertiary/aromatic N) is 2. The van der Waals surface area contributed by atoms with Crippen molar-refractivity contribution in [3.8, 4) is 17.2 Å². The van der Waals surface area contributed by atoms with E-state index in [0.717, 1.165) is 11.1 Å².